The van der Waals surface area contributed by atoms with Crippen molar-refractivity contribution >= 4 is 21.8 Å². The molecular formula is C16H22BrNO2. The van der Waals surface area contributed by atoms with Crippen molar-refractivity contribution in [1.82, 2.24) is 4.90 Å². The monoisotopic (exact) mass is 339 g/mol. The molecule has 1 aliphatic heterocycles. The minimum Gasteiger partial charge on any atom is -0.497 e. The Bertz CT molecular complexity index is 436. The van der Waals surface area contributed by atoms with Gasteiger partial charge in [0.25, 0.3) is 0 Å². The van der Waals surface area contributed by atoms with Crippen molar-refractivity contribution in [3.05, 3.63) is 29.8 Å². The Morgan fingerprint density at radius 1 is 1.35 bits per heavy atom. The number of halogens is 1. The number of hydrogen-bond acceptors (Lipinski definition) is 2. The minimum absolute atomic E-state index is 0.232. The van der Waals surface area contributed by atoms with Gasteiger partial charge in [0, 0.05) is 17.9 Å². The molecule has 1 aromatic rings. The summed E-state index contributed by atoms with van der Waals surface area (Å²) in [6.45, 7) is 3.96. The van der Waals surface area contributed by atoms with Gasteiger partial charge in [-0.05, 0) is 36.5 Å². The van der Waals surface area contributed by atoms with Gasteiger partial charge >= 0.3 is 0 Å². The van der Waals surface area contributed by atoms with Crippen LogP contribution in [0.4, 0.5) is 0 Å². The zero-order chi connectivity index (χ0) is 14.5. The average Bonchev–Trinajstić information content (AvgIpc) is 2.48. The highest BCUT2D eigenvalue weighted by Gasteiger charge is 2.25. The number of alkyl halides is 1. The molecule has 0 saturated carbocycles. The molecule has 1 amide bonds. The third kappa shape index (κ3) is 3.98. The second kappa shape index (κ2) is 7.11. The summed E-state index contributed by atoms with van der Waals surface area (Å²) in [5.74, 6) is 1.75. The molecule has 0 aromatic heterocycles. The Hall–Kier alpha value is -1.03. The van der Waals surface area contributed by atoms with Gasteiger partial charge in [-0.2, -0.15) is 0 Å². The highest BCUT2D eigenvalue weighted by atomic mass is 79.9. The first kappa shape index (κ1) is 15.4. The van der Waals surface area contributed by atoms with Crippen molar-refractivity contribution in [1.29, 1.82) is 0 Å². The minimum atomic E-state index is 0.232. The maximum atomic E-state index is 12.3. The van der Waals surface area contributed by atoms with E-state index >= 15 is 0 Å². The standard InChI is InChI=1S/C16H22BrNO2/c1-12(17)14-7-9-18(10-8-14)16(19)11-13-3-5-15(20-2)6-4-13/h3-6,12,14H,7-11H2,1-2H3. The van der Waals surface area contributed by atoms with Gasteiger partial charge in [0.15, 0.2) is 0 Å². The predicted molar refractivity (Wildman–Crippen MR) is 84.4 cm³/mol. The largest absolute Gasteiger partial charge is 0.497 e. The second-order valence-corrected chi connectivity index (χ2v) is 6.86. The van der Waals surface area contributed by atoms with Gasteiger partial charge in [0.1, 0.15) is 5.75 Å². The van der Waals surface area contributed by atoms with E-state index in [1.165, 1.54) is 0 Å². The summed E-state index contributed by atoms with van der Waals surface area (Å²) < 4.78 is 5.12. The number of piperidine rings is 1. The lowest BCUT2D eigenvalue weighted by Crippen LogP contribution is -2.40. The van der Waals surface area contributed by atoms with Gasteiger partial charge in [0.2, 0.25) is 5.91 Å². The Kier molecular flexibility index (Phi) is 5.46. The van der Waals surface area contributed by atoms with Crippen molar-refractivity contribution in [2.45, 2.75) is 31.0 Å². The first-order chi connectivity index (χ1) is 9.60. The number of benzene rings is 1. The molecule has 0 bridgehead atoms. The molecule has 3 nitrogen and oxygen atoms in total. The summed E-state index contributed by atoms with van der Waals surface area (Å²) in [5.41, 5.74) is 1.05. The van der Waals surface area contributed by atoms with E-state index in [9.17, 15) is 4.79 Å². The fraction of sp³-hybridized carbons (Fsp3) is 0.562. The quantitative estimate of drug-likeness (QED) is 0.788. The molecule has 1 aromatic carbocycles. The number of likely N-dealkylation sites (tertiary alicyclic amines) is 1. The van der Waals surface area contributed by atoms with Crippen molar-refractivity contribution < 1.29 is 9.53 Å². The smallest absolute Gasteiger partial charge is 0.226 e. The van der Waals surface area contributed by atoms with E-state index in [2.05, 4.69) is 22.9 Å². The van der Waals surface area contributed by atoms with E-state index in [4.69, 9.17) is 4.74 Å². The zero-order valence-corrected chi connectivity index (χ0v) is 13.7. The Balaban J connectivity index is 1.86. The Morgan fingerprint density at radius 2 is 1.95 bits per heavy atom. The van der Waals surface area contributed by atoms with Gasteiger partial charge in [-0.15, -0.1) is 0 Å². The highest BCUT2D eigenvalue weighted by Crippen LogP contribution is 2.25. The third-order valence-corrected chi connectivity index (χ3v) is 4.80. The van der Waals surface area contributed by atoms with Crippen LogP contribution in [-0.2, 0) is 11.2 Å². The Labute approximate surface area is 129 Å². The van der Waals surface area contributed by atoms with Crippen molar-refractivity contribution in [3.8, 4) is 5.75 Å². The summed E-state index contributed by atoms with van der Waals surface area (Å²) in [6.07, 6.45) is 2.68. The lowest BCUT2D eigenvalue weighted by molar-refractivity contribution is -0.131. The molecule has 1 unspecified atom stereocenters. The fourth-order valence-corrected chi connectivity index (χ4v) is 3.17. The number of nitrogens with zero attached hydrogens (tertiary/aromatic N) is 1. The van der Waals surface area contributed by atoms with E-state index < -0.39 is 0 Å². The lowest BCUT2D eigenvalue weighted by atomic mass is 9.94. The summed E-state index contributed by atoms with van der Waals surface area (Å²) >= 11 is 3.64. The number of rotatable bonds is 4. The van der Waals surface area contributed by atoms with E-state index in [0.717, 1.165) is 37.2 Å². The van der Waals surface area contributed by atoms with Crippen LogP contribution in [0.1, 0.15) is 25.3 Å². The Morgan fingerprint density at radius 3 is 2.45 bits per heavy atom. The van der Waals surface area contributed by atoms with Crippen molar-refractivity contribution in [2.24, 2.45) is 5.92 Å². The molecule has 20 heavy (non-hydrogen) atoms. The lowest BCUT2D eigenvalue weighted by Gasteiger charge is -2.33. The van der Waals surface area contributed by atoms with E-state index in [-0.39, 0.29) is 5.91 Å². The molecule has 2 rings (SSSR count). The van der Waals surface area contributed by atoms with Gasteiger partial charge < -0.3 is 9.64 Å². The number of ether oxygens (including phenoxy) is 1. The van der Waals surface area contributed by atoms with E-state index in [1.807, 2.05) is 29.2 Å². The van der Waals surface area contributed by atoms with Gasteiger partial charge in [-0.3, -0.25) is 4.79 Å². The summed E-state index contributed by atoms with van der Waals surface area (Å²) in [6, 6.07) is 7.73. The predicted octanol–water partition coefficient (Wildman–Crippen LogP) is 3.26. The molecule has 1 saturated heterocycles. The van der Waals surface area contributed by atoms with Gasteiger partial charge in [-0.25, -0.2) is 0 Å². The van der Waals surface area contributed by atoms with Crippen LogP contribution in [0.2, 0.25) is 0 Å². The number of hydrogen-bond donors (Lipinski definition) is 0. The first-order valence-electron chi connectivity index (χ1n) is 7.15. The average molecular weight is 340 g/mol. The van der Waals surface area contributed by atoms with Gasteiger partial charge in [0.05, 0.1) is 13.5 Å². The molecule has 1 atom stereocenters. The molecule has 0 aliphatic carbocycles. The molecule has 1 heterocycles. The third-order valence-electron chi connectivity index (χ3n) is 4.06. The molecule has 0 N–H and O–H groups in total. The number of amides is 1. The fourth-order valence-electron chi connectivity index (χ4n) is 2.64. The van der Waals surface area contributed by atoms with Crippen molar-refractivity contribution in [3.63, 3.8) is 0 Å². The SMILES string of the molecule is COc1ccc(CC(=O)N2CCC(C(C)Br)CC2)cc1. The highest BCUT2D eigenvalue weighted by molar-refractivity contribution is 9.09. The normalized spacial score (nSPS) is 17.9. The topological polar surface area (TPSA) is 29.5 Å². The molecule has 0 radical (unpaired) electrons. The number of methoxy groups -OCH3 is 1. The molecule has 0 spiro atoms. The number of carbonyl (C=O) groups is 1. The van der Waals surface area contributed by atoms with Crippen LogP contribution >= 0.6 is 15.9 Å². The van der Waals surface area contributed by atoms with Gasteiger partial charge in [-0.1, -0.05) is 35.0 Å². The molecule has 1 aliphatic rings. The molecule has 110 valence electrons. The van der Waals surface area contributed by atoms with Crippen LogP contribution in [0, 0.1) is 5.92 Å². The molecule has 4 heteroatoms. The van der Waals surface area contributed by atoms with Crippen LogP contribution in [0.25, 0.3) is 0 Å². The van der Waals surface area contributed by atoms with Crippen molar-refractivity contribution in [2.75, 3.05) is 20.2 Å². The van der Waals surface area contributed by atoms with Crippen LogP contribution in [0.5, 0.6) is 5.75 Å². The van der Waals surface area contributed by atoms with E-state index in [1.54, 1.807) is 7.11 Å². The summed E-state index contributed by atoms with van der Waals surface area (Å²) in [4.78, 5) is 14.8. The van der Waals surface area contributed by atoms with Crippen LogP contribution in [-0.4, -0.2) is 35.8 Å². The second-order valence-electron chi connectivity index (χ2n) is 5.42. The zero-order valence-electron chi connectivity index (χ0n) is 12.1. The van der Waals surface area contributed by atoms with Crippen LogP contribution in [0.3, 0.4) is 0 Å². The van der Waals surface area contributed by atoms with Crippen LogP contribution < -0.4 is 4.74 Å². The maximum Gasteiger partial charge on any atom is 0.226 e. The first-order valence-corrected chi connectivity index (χ1v) is 8.06. The molecule has 1 fully saturated rings. The van der Waals surface area contributed by atoms with E-state index in [0.29, 0.717) is 17.2 Å². The number of carbonyl (C=O) groups excluding carboxylic acids is 1. The van der Waals surface area contributed by atoms with Crippen LogP contribution in [0.15, 0.2) is 24.3 Å². The molecular weight excluding hydrogens is 318 g/mol. The summed E-state index contributed by atoms with van der Waals surface area (Å²) in [5, 5.41) is 0. The summed E-state index contributed by atoms with van der Waals surface area (Å²) in [7, 11) is 1.65. The maximum absolute atomic E-state index is 12.3.